The smallest absolute Gasteiger partial charge is 0.218 e. The van der Waals surface area contributed by atoms with Crippen LogP contribution in [0.4, 0.5) is 11.5 Å². The summed E-state index contributed by atoms with van der Waals surface area (Å²) in [6.07, 6.45) is 2.53. The zero-order chi connectivity index (χ0) is 13.2. The molecule has 3 rings (SSSR count). The van der Waals surface area contributed by atoms with Crippen LogP contribution in [0.2, 0.25) is 0 Å². The number of methoxy groups -OCH3 is 1. The van der Waals surface area contributed by atoms with E-state index in [0.29, 0.717) is 5.88 Å². The van der Waals surface area contributed by atoms with Crippen LogP contribution in [0.3, 0.4) is 0 Å². The van der Waals surface area contributed by atoms with E-state index in [1.165, 1.54) is 17.5 Å². The number of nitrogen functional groups attached to an aromatic ring is 1. The van der Waals surface area contributed by atoms with Gasteiger partial charge in [-0.2, -0.15) is 0 Å². The van der Waals surface area contributed by atoms with Crippen molar-refractivity contribution in [1.29, 1.82) is 0 Å². The molecule has 1 aromatic heterocycles. The van der Waals surface area contributed by atoms with Gasteiger partial charge in [0.25, 0.3) is 0 Å². The molecule has 1 aromatic carbocycles. The highest BCUT2D eigenvalue weighted by Gasteiger charge is 2.18. The Morgan fingerprint density at radius 1 is 1.21 bits per heavy atom. The molecule has 0 saturated heterocycles. The summed E-state index contributed by atoms with van der Waals surface area (Å²) >= 11 is 0. The first-order valence-electron chi connectivity index (χ1n) is 6.24. The molecule has 2 heterocycles. The molecule has 0 atom stereocenters. The zero-order valence-corrected chi connectivity index (χ0v) is 10.8. The first kappa shape index (κ1) is 11.8. The van der Waals surface area contributed by atoms with Gasteiger partial charge in [0.2, 0.25) is 5.88 Å². The molecule has 0 saturated carbocycles. The van der Waals surface area contributed by atoms with E-state index in [9.17, 15) is 0 Å². The van der Waals surface area contributed by atoms with Gasteiger partial charge in [-0.1, -0.05) is 6.07 Å². The molecule has 2 aromatic rings. The maximum Gasteiger partial charge on any atom is 0.218 e. The normalized spacial score (nSPS) is 14.1. The van der Waals surface area contributed by atoms with Gasteiger partial charge in [-0.15, -0.1) is 0 Å². The third-order valence-corrected chi connectivity index (χ3v) is 3.40. The molecule has 0 fully saturated rings. The molecule has 0 radical (unpaired) electrons. The predicted molar refractivity (Wildman–Crippen MR) is 74.2 cm³/mol. The number of hydrogen-bond acceptors (Lipinski definition) is 5. The molecule has 5 nitrogen and oxygen atoms in total. The summed E-state index contributed by atoms with van der Waals surface area (Å²) in [5.41, 5.74) is 9.29. The van der Waals surface area contributed by atoms with Crippen LogP contribution in [0.25, 0.3) is 0 Å². The van der Waals surface area contributed by atoms with Crippen LogP contribution in [0.1, 0.15) is 11.1 Å². The minimum Gasteiger partial charge on any atom is -0.481 e. The van der Waals surface area contributed by atoms with Crippen molar-refractivity contribution in [2.45, 2.75) is 13.0 Å². The summed E-state index contributed by atoms with van der Waals surface area (Å²) < 4.78 is 5.14. The molecule has 98 valence electrons. The van der Waals surface area contributed by atoms with Crippen LogP contribution < -0.4 is 15.4 Å². The monoisotopic (exact) mass is 256 g/mol. The van der Waals surface area contributed by atoms with Crippen molar-refractivity contribution in [3.63, 3.8) is 0 Å². The highest BCUT2D eigenvalue weighted by Crippen LogP contribution is 2.25. The van der Waals surface area contributed by atoms with E-state index in [2.05, 4.69) is 20.9 Å². The van der Waals surface area contributed by atoms with Crippen LogP contribution in [0.5, 0.6) is 5.88 Å². The second kappa shape index (κ2) is 4.76. The number of nitrogens with two attached hydrogens (primary N) is 1. The third-order valence-electron chi connectivity index (χ3n) is 3.40. The number of nitrogens with zero attached hydrogens (tertiary/aromatic N) is 3. The van der Waals surface area contributed by atoms with E-state index in [-0.39, 0.29) is 0 Å². The lowest BCUT2D eigenvalue weighted by atomic mass is 9.99. The fourth-order valence-corrected chi connectivity index (χ4v) is 2.39. The molecular formula is C14H16N4O. The van der Waals surface area contributed by atoms with Crippen molar-refractivity contribution in [2.24, 2.45) is 0 Å². The Morgan fingerprint density at radius 2 is 2.11 bits per heavy atom. The summed E-state index contributed by atoms with van der Waals surface area (Å²) in [5, 5.41) is 0. The summed E-state index contributed by atoms with van der Waals surface area (Å²) in [6, 6.07) is 7.97. The fourth-order valence-electron chi connectivity index (χ4n) is 2.39. The molecule has 0 bridgehead atoms. The van der Waals surface area contributed by atoms with Crippen molar-refractivity contribution in [1.82, 2.24) is 9.97 Å². The van der Waals surface area contributed by atoms with E-state index in [0.717, 1.165) is 31.0 Å². The van der Waals surface area contributed by atoms with E-state index in [4.69, 9.17) is 10.5 Å². The lowest BCUT2D eigenvalue weighted by Crippen LogP contribution is -2.31. The van der Waals surface area contributed by atoms with Crippen LogP contribution in [0, 0.1) is 0 Å². The first-order chi connectivity index (χ1) is 9.26. The van der Waals surface area contributed by atoms with E-state index in [1.54, 1.807) is 7.11 Å². The molecule has 0 spiro atoms. The molecule has 0 aliphatic carbocycles. The number of anilines is 2. The Balaban J connectivity index is 1.88. The fraction of sp³-hybridized carbons (Fsp3) is 0.286. The Kier molecular flexibility index (Phi) is 2.95. The first-order valence-corrected chi connectivity index (χ1v) is 6.24. The van der Waals surface area contributed by atoms with Crippen LogP contribution >= 0.6 is 0 Å². The molecule has 0 unspecified atom stereocenters. The van der Waals surface area contributed by atoms with E-state index < -0.39 is 0 Å². The lowest BCUT2D eigenvalue weighted by molar-refractivity contribution is 0.396. The average molecular weight is 256 g/mol. The number of benzene rings is 1. The summed E-state index contributed by atoms with van der Waals surface area (Å²) in [6.45, 7) is 1.76. The predicted octanol–water partition coefficient (Wildman–Crippen LogP) is 1.63. The largest absolute Gasteiger partial charge is 0.481 e. The molecule has 2 N–H and O–H groups in total. The second-order valence-electron chi connectivity index (χ2n) is 4.62. The van der Waals surface area contributed by atoms with Crippen molar-refractivity contribution in [2.75, 3.05) is 24.3 Å². The number of hydrogen-bond donors (Lipinski definition) is 1. The van der Waals surface area contributed by atoms with Crippen LogP contribution in [-0.4, -0.2) is 23.6 Å². The average Bonchev–Trinajstić information content (AvgIpc) is 2.46. The number of rotatable bonds is 2. The zero-order valence-electron chi connectivity index (χ0n) is 10.8. The van der Waals surface area contributed by atoms with Gasteiger partial charge in [-0.05, 0) is 29.7 Å². The van der Waals surface area contributed by atoms with E-state index in [1.807, 2.05) is 18.2 Å². The van der Waals surface area contributed by atoms with Crippen molar-refractivity contribution in [3.8, 4) is 5.88 Å². The summed E-state index contributed by atoms with van der Waals surface area (Å²) in [5.74, 6) is 1.48. The van der Waals surface area contributed by atoms with Crippen molar-refractivity contribution in [3.05, 3.63) is 41.7 Å². The number of ether oxygens (including phenoxy) is 1. The van der Waals surface area contributed by atoms with E-state index >= 15 is 0 Å². The second-order valence-corrected chi connectivity index (χ2v) is 4.62. The number of aromatic nitrogens is 2. The lowest BCUT2D eigenvalue weighted by Gasteiger charge is -2.29. The Labute approximate surface area is 112 Å². The van der Waals surface area contributed by atoms with Crippen molar-refractivity contribution >= 4 is 11.5 Å². The summed E-state index contributed by atoms with van der Waals surface area (Å²) in [4.78, 5) is 10.6. The van der Waals surface area contributed by atoms with Gasteiger partial charge in [0.15, 0.2) is 0 Å². The van der Waals surface area contributed by atoms with Gasteiger partial charge in [-0.25, -0.2) is 9.97 Å². The van der Waals surface area contributed by atoms with Gasteiger partial charge in [0.05, 0.1) is 7.11 Å². The third kappa shape index (κ3) is 2.31. The maximum absolute atomic E-state index is 5.85. The van der Waals surface area contributed by atoms with Crippen LogP contribution in [0.15, 0.2) is 30.6 Å². The minimum atomic E-state index is 0.586. The van der Waals surface area contributed by atoms with Gasteiger partial charge < -0.3 is 15.4 Å². The van der Waals surface area contributed by atoms with Crippen LogP contribution in [-0.2, 0) is 13.0 Å². The topological polar surface area (TPSA) is 64.3 Å². The van der Waals surface area contributed by atoms with Gasteiger partial charge >= 0.3 is 0 Å². The SMILES string of the molecule is COc1cc(N2CCc3ccc(N)cc3C2)ncn1. The van der Waals surface area contributed by atoms with Crippen molar-refractivity contribution < 1.29 is 4.74 Å². The van der Waals surface area contributed by atoms with Gasteiger partial charge in [-0.3, -0.25) is 0 Å². The highest BCUT2D eigenvalue weighted by molar-refractivity contribution is 5.50. The minimum absolute atomic E-state index is 0.586. The summed E-state index contributed by atoms with van der Waals surface area (Å²) in [7, 11) is 1.61. The standard InChI is InChI=1S/C14H16N4O/c1-19-14-7-13(16-9-17-14)18-5-4-10-2-3-12(15)6-11(10)8-18/h2-3,6-7,9H,4-5,8,15H2,1H3. The Morgan fingerprint density at radius 3 is 2.95 bits per heavy atom. The maximum atomic E-state index is 5.85. The molecule has 1 aliphatic rings. The molecule has 0 amide bonds. The Bertz CT molecular complexity index is 600. The quantitative estimate of drug-likeness (QED) is 0.827. The number of fused-ring (bicyclic) bond motifs is 1. The molecule has 1 aliphatic heterocycles. The van der Waals surface area contributed by atoms with Gasteiger partial charge in [0.1, 0.15) is 12.1 Å². The van der Waals surface area contributed by atoms with Gasteiger partial charge in [0, 0.05) is 24.8 Å². The molecule has 5 heteroatoms. The highest BCUT2D eigenvalue weighted by atomic mass is 16.5. The Hall–Kier alpha value is -2.30. The molecular weight excluding hydrogens is 240 g/mol. The molecule has 19 heavy (non-hydrogen) atoms.